The molecule has 1 aliphatic rings. The number of nitrogens with one attached hydrogen (secondary N) is 1. The van der Waals surface area contributed by atoms with Crippen molar-refractivity contribution < 1.29 is 13.2 Å². The van der Waals surface area contributed by atoms with Crippen LogP contribution in [0.15, 0.2) is 77.7 Å². The lowest BCUT2D eigenvalue weighted by atomic mass is 9.98. The molecule has 0 atom stereocenters. The van der Waals surface area contributed by atoms with E-state index in [0.29, 0.717) is 18.9 Å². The summed E-state index contributed by atoms with van der Waals surface area (Å²) < 4.78 is 28.4. The van der Waals surface area contributed by atoms with Crippen LogP contribution in [0.4, 0.5) is 0 Å². The molecule has 1 amide bonds. The predicted octanol–water partition coefficient (Wildman–Crippen LogP) is 5.08. The van der Waals surface area contributed by atoms with Crippen LogP contribution >= 0.6 is 0 Å². The fraction of sp³-hybridized carbons (Fsp3) is 0.296. The summed E-state index contributed by atoms with van der Waals surface area (Å²) in [5.41, 5.74) is 5.11. The van der Waals surface area contributed by atoms with Crippen LogP contribution in [0.5, 0.6) is 0 Å². The van der Waals surface area contributed by atoms with Crippen molar-refractivity contribution in [3.05, 3.63) is 89.5 Å². The van der Waals surface area contributed by atoms with E-state index in [0.717, 1.165) is 40.8 Å². The first-order valence-corrected chi connectivity index (χ1v) is 12.9. The van der Waals surface area contributed by atoms with Gasteiger partial charge in [-0.25, -0.2) is 13.1 Å². The smallest absolute Gasteiger partial charge is 0.240 e. The van der Waals surface area contributed by atoms with E-state index in [1.54, 1.807) is 12.1 Å². The molecule has 1 heterocycles. The van der Waals surface area contributed by atoms with E-state index < -0.39 is 10.0 Å². The van der Waals surface area contributed by atoms with Crippen LogP contribution in [0.2, 0.25) is 0 Å². The highest BCUT2D eigenvalue weighted by atomic mass is 32.2. The van der Waals surface area contributed by atoms with Gasteiger partial charge in [-0.05, 0) is 52.3 Å². The molecule has 0 aromatic heterocycles. The maximum absolute atomic E-state index is 12.8. The quantitative estimate of drug-likeness (QED) is 0.508. The molecule has 0 bridgehead atoms. The van der Waals surface area contributed by atoms with Crippen molar-refractivity contribution in [3.63, 3.8) is 0 Å². The lowest BCUT2D eigenvalue weighted by Gasteiger charge is -2.16. The van der Waals surface area contributed by atoms with E-state index in [4.69, 9.17) is 0 Å². The number of nitrogens with zero attached hydrogens (tertiary/aromatic N) is 1. The minimum absolute atomic E-state index is 0.203. The van der Waals surface area contributed by atoms with Gasteiger partial charge in [0.15, 0.2) is 0 Å². The van der Waals surface area contributed by atoms with Gasteiger partial charge in [0.25, 0.3) is 0 Å². The zero-order valence-electron chi connectivity index (χ0n) is 19.1. The summed E-state index contributed by atoms with van der Waals surface area (Å²) in [4.78, 5) is 14.0. The Bertz CT molecular complexity index is 1220. The summed E-state index contributed by atoms with van der Waals surface area (Å²) in [5.74, 6) is 0.569. The number of hydrogen-bond acceptors (Lipinski definition) is 3. The molecule has 3 aromatic rings. The van der Waals surface area contributed by atoms with E-state index in [1.807, 2.05) is 65.6 Å². The number of rotatable bonds is 8. The predicted molar refractivity (Wildman–Crippen MR) is 131 cm³/mol. The Morgan fingerprint density at radius 2 is 1.64 bits per heavy atom. The van der Waals surface area contributed by atoms with Gasteiger partial charge in [0.05, 0.1) is 4.90 Å². The van der Waals surface area contributed by atoms with Crippen LogP contribution in [0.25, 0.3) is 11.1 Å². The molecule has 6 heteroatoms. The summed E-state index contributed by atoms with van der Waals surface area (Å²) in [6.45, 7) is 5.82. The number of carbonyl (C=O) groups is 1. The third-order valence-electron chi connectivity index (χ3n) is 6.14. The Labute approximate surface area is 196 Å². The third-order valence-corrected chi connectivity index (χ3v) is 7.55. The molecule has 33 heavy (non-hydrogen) atoms. The molecule has 4 rings (SSSR count). The Hall–Kier alpha value is -2.96. The molecular weight excluding hydrogens is 432 g/mol. The van der Waals surface area contributed by atoms with Gasteiger partial charge in [-0.3, -0.25) is 4.79 Å². The van der Waals surface area contributed by atoms with Crippen LogP contribution in [0.3, 0.4) is 0 Å². The van der Waals surface area contributed by atoms with Crippen LogP contribution in [-0.2, 0) is 27.9 Å². The molecule has 1 N–H and O–H groups in total. The fourth-order valence-corrected chi connectivity index (χ4v) is 5.13. The number of carbonyl (C=O) groups excluding carboxylic acids is 1. The molecule has 5 nitrogen and oxygen atoms in total. The fourth-order valence-electron chi connectivity index (χ4n) is 4.13. The Kier molecular flexibility index (Phi) is 6.96. The molecular formula is C27H30N2O3S. The van der Waals surface area contributed by atoms with E-state index in [-0.39, 0.29) is 17.3 Å². The first kappa shape index (κ1) is 23.2. The van der Waals surface area contributed by atoms with E-state index >= 15 is 0 Å². The lowest BCUT2D eigenvalue weighted by Crippen LogP contribution is -2.23. The molecule has 1 saturated heterocycles. The van der Waals surface area contributed by atoms with Crippen LogP contribution < -0.4 is 4.72 Å². The summed E-state index contributed by atoms with van der Waals surface area (Å²) in [7, 11) is -3.61. The topological polar surface area (TPSA) is 66.5 Å². The van der Waals surface area contributed by atoms with Gasteiger partial charge in [0, 0.05) is 26.1 Å². The first-order chi connectivity index (χ1) is 15.8. The number of benzene rings is 3. The van der Waals surface area contributed by atoms with Gasteiger partial charge in [0.2, 0.25) is 15.9 Å². The second-order valence-electron chi connectivity index (χ2n) is 8.82. The molecule has 0 aliphatic carbocycles. The van der Waals surface area contributed by atoms with Crippen LogP contribution in [0, 0.1) is 0 Å². The maximum atomic E-state index is 12.8. The second kappa shape index (κ2) is 9.89. The first-order valence-electron chi connectivity index (χ1n) is 11.4. The largest absolute Gasteiger partial charge is 0.338 e. The number of likely N-dealkylation sites (tertiary alicyclic amines) is 1. The van der Waals surface area contributed by atoms with Crippen molar-refractivity contribution in [2.24, 2.45) is 0 Å². The summed E-state index contributed by atoms with van der Waals surface area (Å²) in [5, 5.41) is 0. The minimum Gasteiger partial charge on any atom is -0.338 e. The van der Waals surface area contributed by atoms with Crippen LogP contribution in [-0.4, -0.2) is 25.8 Å². The van der Waals surface area contributed by atoms with Crippen molar-refractivity contribution in [3.8, 4) is 11.1 Å². The zero-order chi connectivity index (χ0) is 23.4. The average Bonchev–Trinajstić information content (AvgIpc) is 3.23. The summed E-state index contributed by atoms with van der Waals surface area (Å²) in [6, 6.07) is 23.0. The summed E-state index contributed by atoms with van der Waals surface area (Å²) in [6.07, 6.45) is 1.57. The normalized spacial score (nSPS) is 14.3. The Balaban J connectivity index is 1.47. The highest BCUT2D eigenvalue weighted by molar-refractivity contribution is 7.89. The van der Waals surface area contributed by atoms with E-state index in [1.165, 1.54) is 0 Å². The molecule has 3 aromatic carbocycles. The van der Waals surface area contributed by atoms with E-state index in [2.05, 4.69) is 18.6 Å². The lowest BCUT2D eigenvalue weighted by molar-refractivity contribution is -0.128. The standard InChI is InChI=1S/C27H30N2O3S/c1-20(2)22-13-15-25(16-14-22)33(31,32)28-18-24-6-3-4-7-26(24)23-11-9-21(10-12-23)19-29-17-5-8-27(29)30/h3-4,6-7,9-16,20,28H,5,8,17-19H2,1-2H3. The van der Waals surface area contributed by atoms with Gasteiger partial charge in [-0.15, -0.1) is 0 Å². The van der Waals surface area contributed by atoms with Gasteiger partial charge in [0.1, 0.15) is 0 Å². The highest BCUT2D eigenvalue weighted by Crippen LogP contribution is 2.26. The molecule has 172 valence electrons. The van der Waals surface area contributed by atoms with E-state index in [9.17, 15) is 13.2 Å². The van der Waals surface area contributed by atoms with Gasteiger partial charge >= 0.3 is 0 Å². The third kappa shape index (κ3) is 5.52. The molecule has 0 saturated carbocycles. The summed E-state index contributed by atoms with van der Waals surface area (Å²) >= 11 is 0. The zero-order valence-corrected chi connectivity index (χ0v) is 19.9. The van der Waals surface area contributed by atoms with Crippen LogP contribution in [0.1, 0.15) is 49.3 Å². The molecule has 1 aliphatic heterocycles. The van der Waals surface area contributed by atoms with Crippen molar-refractivity contribution in [1.82, 2.24) is 9.62 Å². The van der Waals surface area contributed by atoms with Crippen molar-refractivity contribution >= 4 is 15.9 Å². The highest BCUT2D eigenvalue weighted by Gasteiger charge is 2.20. The Morgan fingerprint density at radius 1 is 0.939 bits per heavy atom. The molecule has 0 unspecified atom stereocenters. The van der Waals surface area contributed by atoms with Crippen molar-refractivity contribution in [2.45, 2.75) is 50.6 Å². The molecule has 1 fully saturated rings. The van der Waals surface area contributed by atoms with Gasteiger partial charge < -0.3 is 4.90 Å². The monoisotopic (exact) mass is 462 g/mol. The van der Waals surface area contributed by atoms with Gasteiger partial charge in [-0.1, -0.05) is 74.5 Å². The molecule has 0 spiro atoms. The number of amides is 1. The number of hydrogen-bond donors (Lipinski definition) is 1. The maximum Gasteiger partial charge on any atom is 0.240 e. The minimum atomic E-state index is -3.61. The Morgan fingerprint density at radius 3 is 2.27 bits per heavy atom. The van der Waals surface area contributed by atoms with Gasteiger partial charge in [-0.2, -0.15) is 0 Å². The van der Waals surface area contributed by atoms with Crippen molar-refractivity contribution in [2.75, 3.05) is 6.54 Å². The molecule has 0 radical (unpaired) electrons. The van der Waals surface area contributed by atoms with Crippen molar-refractivity contribution in [1.29, 1.82) is 0 Å². The number of sulfonamides is 1. The average molecular weight is 463 g/mol. The SMILES string of the molecule is CC(C)c1ccc(S(=O)(=O)NCc2ccccc2-c2ccc(CN3CCCC3=O)cc2)cc1. The second-order valence-corrected chi connectivity index (χ2v) is 10.6.